The van der Waals surface area contributed by atoms with Gasteiger partial charge in [-0.15, -0.1) is 0 Å². The Kier molecular flexibility index (Phi) is 48.0. The molecule has 0 N–H and O–H groups in total. The van der Waals surface area contributed by atoms with Crippen molar-refractivity contribution in [3.63, 3.8) is 0 Å². The van der Waals surface area contributed by atoms with E-state index in [0.717, 1.165) is 36.8 Å². The normalized spacial score (nSPS) is 11.6. The molecule has 0 fully saturated rings. The van der Waals surface area contributed by atoms with Gasteiger partial charge in [0.25, 0.3) is 0 Å². The van der Waals surface area contributed by atoms with Gasteiger partial charge in [-0.2, -0.15) is 0 Å². The second kappa shape index (κ2) is 48.1. The Morgan fingerprint density at radius 3 is 0.657 bits per heavy atom. The van der Waals surface area contributed by atoms with Crippen LogP contribution < -0.4 is 0 Å². The standard InChI is InChI=1S/2C29H52O3S.Ba/c2*1-2-3-4-5-6-7-8-9-10-11-12-13-14-15-16-17-18-19-20-21-22-24-28-25-23-26-29(27-28)33(30,31)32;/h2*23,25-27H,2-22,24H2,1H3,(H,30,31,32);/q;;+2/p-2. The monoisotopic (exact) mass is 1100 g/mol. The second-order valence-electron chi connectivity index (χ2n) is 19.8. The molecule has 0 spiro atoms. The minimum atomic E-state index is -4.34. The van der Waals surface area contributed by atoms with Crippen LogP contribution in [0.2, 0.25) is 0 Å². The van der Waals surface area contributed by atoms with Gasteiger partial charge >= 0.3 is 48.9 Å². The molecule has 0 radical (unpaired) electrons. The van der Waals surface area contributed by atoms with Gasteiger partial charge in [0.05, 0.1) is 9.79 Å². The van der Waals surface area contributed by atoms with Gasteiger partial charge in [-0.1, -0.05) is 295 Å². The van der Waals surface area contributed by atoms with E-state index in [9.17, 15) is 25.9 Å². The molecule has 0 aliphatic heterocycles. The first-order valence-corrected chi connectivity index (χ1v) is 31.0. The number of unbranched alkanes of at least 4 members (excludes halogenated alkanes) is 40. The molecule has 0 unspecified atom stereocenters. The molecule has 67 heavy (non-hydrogen) atoms. The Labute approximate surface area is 456 Å². The van der Waals surface area contributed by atoms with Crippen LogP contribution in [0, 0.1) is 0 Å². The van der Waals surface area contributed by atoms with Crippen LogP contribution in [0.25, 0.3) is 0 Å². The summed E-state index contributed by atoms with van der Waals surface area (Å²) in [4.78, 5) is -0.216. The molecule has 6 nitrogen and oxygen atoms in total. The Balaban J connectivity index is 0.00000128. The molecule has 0 bridgehead atoms. The maximum absolute atomic E-state index is 11.1. The Hall–Kier alpha value is -0.169. The van der Waals surface area contributed by atoms with Crippen LogP contribution in [0.15, 0.2) is 58.3 Å². The summed E-state index contributed by atoms with van der Waals surface area (Å²) in [6.45, 7) is 4.57. The van der Waals surface area contributed by atoms with Gasteiger partial charge in [0, 0.05) is 0 Å². The first kappa shape index (κ1) is 66.8. The SMILES string of the molecule is CCCCCCCCCCCCCCCCCCCCCCCc1cccc(S(=O)(=O)[O-])c1.CCCCCCCCCCCCCCCCCCCCCCCc1cccc(S(=O)(=O)[O-])c1.[Ba+2]. The van der Waals surface area contributed by atoms with Gasteiger partial charge in [-0.3, -0.25) is 0 Å². The second-order valence-corrected chi connectivity index (χ2v) is 22.6. The largest absolute Gasteiger partial charge is 2.00 e. The van der Waals surface area contributed by atoms with Gasteiger partial charge in [-0.05, 0) is 61.1 Å². The van der Waals surface area contributed by atoms with E-state index < -0.39 is 20.2 Å². The van der Waals surface area contributed by atoms with Crippen molar-refractivity contribution in [3.05, 3.63) is 59.7 Å². The van der Waals surface area contributed by atoms with Crippen LogP contribution in [0.3, 0.4) is 0 Å². The number of aryl methyl sites for hydroxylation is 2. The van der Waals surface area contributed by atoms with E-state index in [0.29, 0.717) is 0 Å². The molecule has 384 valence electrons. The summed E-state index contributed by atoms with van der Waals surface area (Å²) in [7, 11) is -8.68. The third kappa shape index (κ3) is 44.3. The summed E-state index contributed by atoms with van der Waals surface area (Å²) in [5.74, 6) is 0. The number of hydrogen-bond donors (Lipinski definition) is 0. The van der Waals surface area contributed by atoms with Gasteiger partial charge in [-0.25, -0.2) is 16.8 Å². The molecule has 0 heterocycles. The zero-order valence-electron chi connectivity index (χ0n) is 43.7. The summed E-state index contributed by atoms with van der Waals surface area (Å²) < 4.78 is 66.6. The van der Waals surface area contributed by atoms with Crippen molar-refractivity contribution in [1.29, 1.82) is 0 Å². The van der Waals surface area contributed by atoms with Crippen molar-refractivity contribution in [3.8, 4) is 0 Å². The summed E-state index contributed by atoms with van der Waals surface area (Å²) >= 11 is 0. The Morgan fingerprint density at radius 1 is 0.299 bits per heavy atom. The fourth-order valence-electron chi connectivity index (χ4n) is 9.24. The first-order chi connectivity index (χ1) is 32.1. The quantitative estimate of drug-likeness (QED) is 0.0371. The van der Waals surface area contributed by atoms with Crippen LogP contribution in [0.4, 0.5) is 0 Å². The van der Waals surface area contributed by atoms with E-state index in [1.165, 1.54) is 281 Å². The molecule has 0 aliphatic carbocycles. The Bertz CT molecular complexity index is 1460. The average molecular weight is 1100 g/mol. The maximum atomic E-state index is 11.1. The molecule has 0 saturated carbocycles. The van der Waals surface area contributed by atoms with Crippen molar-refractivity contribution >= 4 is 69.1 Å². The van der Waals surface area contributed by atoms with Crippen LogP contribution >= 0.6 is 0 Å². The molecule has 2 aromatic carbocycles. The molecular weight excluding hydrogens is 994 g/mol. The minimum Gasteiger partial charge on any atom is -0.744 e. The van der Waals surface area contributed by atoms with Crippen molar-refractivity contribution in [2.45, 2.75) is 306 Å². The number of benzene rings is 2. The van der Waals surface area contributed by atoms with Gasteiger partial charge in [0.2, 0.25) is 0 Å². The van der Waals surface area contributed by atoms with E-state index in [2.05, 4.69) is 13.8 Å². The van der Waals surface area contributed by atoms with Crippen molar-refractivity contribution < 1.29 is 25.9 Å². The van der Waals surface area contributed by atoms with E-state index in [1.807, 2.05) is 12.1 Å². The summed E-state index contributed by atoms with van der Waals surface area (Å²) in [6, 6.07) is 13.0. The summed E-state index contributed by atoms with van der Waals surface area (Å²) in [5.41, 5.74) is 1.90. The average Bonchev–Trinajstić information content (AvgIpc) is 3.30. The zero-order valence-corrected chi connectivity index (χ0v) is 49.8. The van der Waals surface area contributed by atoms with Gasteiger partial charge < -0.3 is 9.11 Å². The smallest absolute Gasteiger partial charge is 0.744 e. The fourth-order valence-corrected chi connectivity index (χ4v) is 10.3. The third-order valence-corrected chi connectivity index (χ3v) is 15.2. The van der Waals surface area contributed by atoms with Crippen LogP contribution in [-0.4, -0.2) is 74.8 Å². The van der Waals surface area contributed by atoms with Crippen LogP contribution in [0.5, 0.6) is 0 Å². The zero-order chi connectivity index (χ0) is 48.1. The summed E-state index contributed by atoms with van der Waals surface area (Å²) in [5, 5.41) is 0. The van der Waals surface area contributed by atoms with Crippen LogP contribution in [0.1, 0.15) is 295 Å². The van der Waals surface area contributed by atoms with E-state index in [4.69, 9.17) is 0 Å². The predicted octanol–water partition coefficient (Wildman–Crippen LogP) is 18.3. The van der Waals surface area contributed by atoms with E-state index in [1.54, 1.807) is 12.1 Å². The molecule has 0 saturated heterocycles. The van der Waals surface area contributed by atoms with E-state index >= 15 is 0 Å². The molecule has 0 aliphatic rings. The number of hydrogen-bond acceptors (Lipinski definition) is 6. The first-order valence-electron chi connectivity index (χ1n) is 28.2. The van der Waals surface area contributed by atoms with Crippen molar-refractivity contribution in [1.82, 2.24) is 0 Å². The van der Waals surface area contributed by atoms with Gasteiger partial charge in [0.15, 0.2) is 0 Å². The molecule has 9 heteroatoms. The third-order valence-electron chi connectivity index (χ3n) is 13.5. The molecular formula is C58H102BaO6S2. The maximum Gasteiger partial charge on any atom is 2.00 e. The van der Waals surface area contributed by atoms with E-state index in [-0.39, 0.29) is 58.7 Å². The molecule has 2 rings (SSSR count). The molecule has 0 atom stereocenters. The van der Waals surface area contributed by atoms with Gasteiger partial charge in [0.1, 0.15) is 20.2 Å². The topological polar surface area (TPSA) is 114 Å². The minimum absolute atomic E-state index is 0. The van der Waals surface area contributed by atoms with Crippen molar-refractivity contribution in [2.24, 2.45) is 0 Å². The van der Waals surface area contributed by atoms with Crippen molar-refractivity contribution in [2.75, 3.05) is 0 Å². The number of rotatable bonds is 46. The predicted molar refractivity (Wildman–Crippen MR) is 287 cm³/mol. The molecule has 2 aromatic rings. The molecule has 0 aromatic heterocycles. The van der Waals surface area contributed by atoms with Crippen LogP contribution in [-0.2, 0) is 33.1 Å². The summed E-state index contributed by atoms with van der Waals surface area (Å²) in [6.07, 6.45) is 59.4. The fraction of sp³-hybridized carbons (Fsp3) is 0.793. The Morgan fingerprint density at radius 2 is 0.478 bits per heavy atom. The molecule has 0 amide bonds.